The lowest BCUT2D eigenvalue weighted by molar-refractivity contribution is -0.117. The van der Waals surface area contributed by atoms with Gasteiger partial charge in [0.25, 0.3) is 0 Å². The molecule has 30 heavy (non-hydrogen) atoms. The summed E-state index contributed by atoms with van der Waals surface area (Å²) >= 11 is 2.97. The van der Waals surface area contributed by atoms with E-state index in [-0.39, 0.29) is 11.8 Å². The molecule has 0 radical (unpaired) electrons. The zero-order valence-electron chi connectivity index (χ0n) is 15.5. The lowest BCUT2D eigenvalue weighted by atomic mass is 10.2. The molecule has 1 fully saturated rings. The summed E-state index contributed by atoms with van der Waals surface area (Å²) in [6, 6.07) is 7.66. The summed E-state index contributed by atoms with van der Waals surface area (Å²) in [5, 5.41) is 19.4. The van der Waals surface area contributed by atoms with E-state index in [9.17, 15) is 4.79 Å². The van der Waals surface area contributed by atoms with E-state index in [0.29, 0.717) is 16.6 Å². The molecule has 5 aromatic rings. The Labute approximate surface area is 178 Å². The average Bonchev–Trinajstić information content (AvgIpc) is 3.14. The van der Waals surface area contributed by atoms with Crippen molar-refractivity contribution in [2.75, 3.05) is 5.32 Å². The molecule has 1 N–H and O–H groups in total. The Bertz CT molecular complexity index is 1390. The smallest absolute Gasteiger partial charge is 0.228 e. The number of fused-ring (bicyclic) bond motifs is 2. The fourth-order valence-corrected chi connectivity index (χ4v) is 4.43. The normalized spacial score (nSPS) is 13.9. The maximum absolute atomic E-state index is 12.0. The number of anilines is 1. The van der Waals surface area contributed by atoms with Crippen molar-refractivity contribution in [2.45, 2.75) is 23.0 Å². The number of carbonyl (C=O) groups excluding carboxylic acids is 1. The summed E-state index contributed by atoms with van der Waals surface area (Å²) in [6.45, 7) is 0. The van der Waals surface area contributed by atoms with Crippen LogP contribution in [0.4, 0.5) is 5.82 Å². The number of amides is 1. The topological polar surface area (TPSA) is 102 Å². The molecule has 1 aliphatic carbocycles. The molecule has 1 aliphatic rings. The molecule has 0 unspecified atom stereocenters. The molecule has 0 saturated heterocycles. The molecule has 0 atom stereocenters. The number of hydrogen-bond donors (Lipinski definition) is 1. The van der Waals surface area contributed by atoms with Crippen LogP contribution >= 0.6 is 23.1 Å². The number of thiazole rings is 1. The van der Waals surface area contributed by atoms with Gasteiger partial charge in [0.1, 0.15) is 5.03 Å². The number of rotatable bonds is 5. The van der Waals surface area contributed by atoms with Gasteiger partial charge in [0.2, 0.25) is 11.1 Å². The Morgan fingerprint density at radius 3 is 2.87 bits per heavy atom. The lowest BCUT2D eigenvalue weighted by Gasteiger charge is -2.02. The molecular formula is C19H14N8OS2. The Morgan fingerprint density at radius 2 is 2.03 bits per heavy atom. The third-order valence-corrected chi connectivity index (χ3v) is 6.26. The highest BCUT2D eigenvalue weighted by Gasteiger charge is 2.30. The first-order valence-electron chi connectivity index (χ1n) is 9.31. The predicted octanol–water partition coefficient (Wildman–Crippen LogP) is 3.40. The van der Waals surface area contributed by atoms with Gasteiger partial charge in [0.05, 0.1) is 17.4 Å². The quantitative estimate of drug-likeness (QED) is 0.452. The van der Waals surface area contributed by atoms with E-state index in [1.807, 2.05) is 45.8 Å². The van der Waals surface area contributed by atoms with Crippen LogP contribution in [0, 0.1) is 5.92 Å². The number of aromatic nitrogens is 7. The first-order chi connectivity index (χ1) is 14.7. The lowest BCUT2D eigenvalue weighted by Crippen LogP contribution is -2.13. The average molecular weight is 435 g/mol. The molecule has 5 aromatic heterocycles. The number of carbonyl (C=O) groups is 1. The van der Waals surface area contributed by atoms with Crippen LogP contribution in [0.5, 0.6) is 0 Å². The molecular weight excluding hydrogens is 420 g/mol. The van der Waals surface area contributed by atoms with Gasteiger partial charge in [-0.1, -0.05) is 0 Å². The van der Waals surface area contributed by atoms with Crippen molar-refractivity contribution in [2.24, 2.45) is 5.92 Å². The van der Waals surface area contributed by atoms with Crippen molar-refractivity contribution < 1.29 is 4.79 Å². The van der Waals surface area contributed by atoms with E-state index in [1.54, 1.807) is 22.0 Å². The molecule has 6 rings (SSSR count). The summed E-state index contributed by atoms with van der Waals surface area (Å²) in [5.74, 6) is 0.672. The second-order valence-corrected chi connectivity index (χ2v) is 8.67. The monoisotopic (exact) mass is 434 g/mol. The van der Waals surface area contributed by atoms with Gasteiger partial charge < -0.3 is 5.32 Å². The van der Waals surface area contributed by atoms with Crippen LogP contribution in [0.3, 0.4) is 0 Å². The third kappa shape index (κ3) is 3.21. The number of pyridine rings is 1. The Morgan fingerprint density at radius 1 is 1.13 bits per heavy atom. The summed E-state index contributed by atoms with van der Waals surface area (Å²) in [5.41, 5.74) is 5.16. The van der Waals surface area contributed by atoms with Crippen molar-refractivity contribution in [3.8, 4) is 11.3 Å². The number of nitrogens with one attached hydrogen (secondary N) is 1. The predicted molar refractivity (Wildman–Crippen MR) is 113 cm³/mol. The van der Waals surface area contributed by atoms with Crippen LogP contribution in [0.15, 0.2) is 57.7 Å². The Kier molecular flexibility index (Phi) is 4.03. The highest BCUT2D eigenvalue weighted by molar-refractivity contribution is 7.99. The maximum Gasteiger partial charge on any atom is 0.228 e. The van der Waals surface area contributed by atoms with Gasteiger partial charge in [-0.3, -0.25) is 9.20 Å². The second kappa shape index (κ2) is 6.89. The first kappa shape index (κ1) is 17.5. The van der Waals surface area contributed by atoms with Crippen molar-refractivity contribution in [3.05, 3.63) is 47.5 Å². The third-order valence-electron chi connectivity index (χ3n) is 4.79. The standard InChI is InChI=1S/C19H14N8OS2/c28-18(11-1-2-11)22-14-8-27-15(21-14)5-6-17(25-27)30-19-24-23-16-4-3-12(7-26(16)19)13-9-29-10-20-13/h3-11H,1-2H2,(H,22,28). The van der Waals surface area contributed by atoms with Crippen LogP contribution in [0.2, 0.25) is 0 Å². The van der Waals surface area contributed by atoms with Gasteiger partial charge in [-0.2, -0.15) is 5.10 Å². The van der Waals surface area contributed by atoms with E-state index in [4.69, 9.17) is 0 Å². The molecule has 0 spiro atoms. The van der Waals surface area contributed by atoms with Crippen LogP contribution in [-0.2, 0) is 4.79 Å². The van der Waals surface area contributed by atoms with Gasteiger partial charge >= 0.3 is 0 Å². The fraction of sp³-hybridized carbons (Fsp3) is 0.158. The SMILES string of the molecule is O=C(Nc1cn2nc(Sc3nnc4ccc(-c5cscn5)cn34)ccc2n1)C1CC1. The molecule has 148 valence electrons. The zero-order chi connectivity index (χ0) is 20.1. The molecule has 5 heterocycles. The molecule has 11 heteroatoms. The summed E-state index contributed by atoms with van der Waals surface area (Å²) in [6.07, 6.45) is 5.61. The molecule has 1 amide bonds. The van der Waals surface area contributed by atoms with Gasteiger partial charge in [-0.15, -0.1) is 21.5 Å². The molecule has 9 nitrogen and oxygen atoms in total. The van der Waals surface area contributed by atoms with Crippen LogP contribution in [0.25, 0.3) is 22.6 Å². The number of nitrogens with zero attached hydrogens (tertiary/aromatic N) is 7. The summed E-state index contributed by atoms with van der Waals surface area (Å²) in [7, 11) is 0. The van der Waals surface area contributed by atoms with Crippen molar-refractivity contribution in [3.63, 3.8) is 0 Å². The van der Waals surface area contributed by atoms with E-state index in [1.165, 1.54) is 11.8 Å². The van der Waals surface area contributed by atoms with Crippen molar-refractivity contribution in [1.29, 1.82) is 0 Å². The van der Waals surface area contributed by atoms with Crippen LogP contribution in [-0.4, -0.2) is 40.1 Å². The van der Waals surface area contributed by atoms with E-state index < -0.39 is 0 Å². The van der Waals surface area contributed by atoms with Gasteiger partial charge in [-0.05, 0) is 48.9 Å². The number of imidazole rings is 1. The highest BCUT2D eigenvalue weighted by atomic mass is 32.2. The van der Waals surface area contributed by atoms with Gasteiger partial charge in [0, 0.05) is 23.1 Å². The second-order valence-electron chi connectivity index (χ2n) is 6.97. The van der Waals surface area contributed by atoms with Crippen molar-refractivity contribution >= 4 is 46.1 Å². The highest BCUT2D eigenvalue weighted by Crippen LogP contribution is 2.30. The minimum atomic E-state index is 0.0267. The molecule has 0 aromatic carbocycles. The molecule has 0 bridgehead atoms. The maximum atomic E-state index is 12.0. The van der Waals surface area contributed by atoms with Crippen LogP contribution in [0.1, 0.15) is 12.8 Å². The van der Waals surface area contributed by atoms with E-state index in [2.05, 4.69) is 30.6 Å². The van der Waals surface area contributed by atoms with Crippen molar-refractivity contribution in [1.82, 2.24) is 34.2 Å². The minimum absolute atomic E-state index is 0.0267. The van der Waals surface area contributed by atoms with Crippen LogP contribution < -0.4 is 5.32 Å². The molecule has 1 saturated carbocycles. The summed E-state index contributed by atoms with van der Waals surface area (Å²) < 4.78 is 3.59. The van der Waals surface area contributed by atoms with Gasteiger partial charge in [0.15, 0.2) is 17.1 Å². The largest absolute Gasteiger partial charge is 0.309 e. The Hall–Kier alpha value is -3.31. The summed E-state index contributed by atoms with van der Waals surface area (Å²) in [4.78, 5) is 20.7. The number of hydrogen-bond acceptors (Lipinski definition) is 8. The van der Waals surface area contributed by atoms with Gasteiger partial charge in [-0.25, -0.2) is 14.5 Å². The van der Waals surface area contributed by atoms with E-state index >= 15 is 0 Å². The Balaban J connectivity index is 1.29. The zero-order valence-corrected chi connectivity index (χ0v) is 17.1. The van der Waals surface area contributed by atoms with E-state index in [0.717, 1.165) is 34.8 Å². The fourth-order valence-electron chi connectivity index (χ4n) is 3.09. The minimum Gasteiger partial charge on any atom is -0.309 e. The molecule has 0 aliphatic heterocycles. The first-order valence-corrected chi connectivity index (χ1v) is 11.1.